The molecule has 0 aliphatic carbocycles. The number of hydrogen-bond acceptors (Lipinski definition) is 3. The molecule has 0 saturated heterocycles. The van der Waals surface area contributed by atoms with Gasteiger partial charge in [0.25, 0.3) is 0 Å². The molecule has 6 heteroatoms. The quantitative estimate of drug-likeness (QED) is 0.641. The Labute approximate surface area is 124 Å². The summed E-state index contributed by atoms with van der Waals surface area (Å²) >= 11 is 0. The van der Waals surface area contributed by atoms with Crippen LogP contribution in [0.25, 0.3) is 0 Å². The Balaban J connectivity index is 2.08. The standard InChI is InChI=1S/C16H10F3NO2/c17-16(18,19)13-5-1-3-11(7-13)9-15(21)22-14-6-2-4-12(8-14)10-20/h1-8H,9H2. The molecule has 0 atom stereocenters. The second kappa shape index (κ2) is 6.31. The molecule has 0 spiro atoms. The molecule has 0 N–H and O–H groups in total. The number of alkyl halides is 3. The van der Waals surface area contributed by atoms with Gasteiger partial charge in [0.2, 0.25) is 0 Å². The Morgan fingerprint density at radius 3 is 2.55 bits per heavy atom. The van der Waals surface area contributed by atoms with Gasteiger partial charge in [-0.15, -0.1) is 0 Å². The van der Waals surface area contributed by atoms with Crippen LogP contribution >= 0.6 is 0 Å². The summed E-state index contributed by atoms with van der Waals surface area (Å²) in [6.45, 7) is 0. The fraction of sp³-hybridized carbons (Fsp3) is 0.125. The summed E-state index contributed by atoms with van der Waals surface area (Å²) < 4.78 is 42.8. The van der Waals surface area contributed by atoms with Crippen molar-refractivity contribution in [1.29, 1.82) is 5.26 Å². The lowest BCUT2D eigenvalue weighted by molar-refractivity contribution is -0.138. The van der Waals surface area contributed by atoms with Crippen LogP contribution in [0.2, 0.25) is 0 Å². The topological polar surface area (TPSA) is 50.1 Å². The van der Waals surface area contributed by atoms with Crippen molar-refractivity contribution in [3.05, 3.63) is 65.2 Å². The lowest BCUT2D eigenvalue weighted by Gasteiger charge is -2.09. The highest BCUT2D eigenvalue weighted by Gasteiger charge is 2.30. The van der Waals surface area contributed by atoms with E-state index in [0.717, 1.165) is 12.1 Å². The maximum atomic E-state index is 12.6. The van der Waals surface area contributed by atoms with Crippen LogP contribution in [0.3, 0.4) is 0 Å². The van der Waals surface area contributed by atoms with E-state index in [1.54, 1.807) is 12.1 Å². The normalized spacial score (nSPS) is 10.8. The van der Waals surface area contributed by atoms with Crippen LogP contribution in [0.5, 0.6) is 5.75 Å². The van der Waals surface area contributed by atoms with Crippen LogP contribution in [0, 0.1) is 11.3 Å². The van der Waals surface area contributed by atoms with Crippen molar-refractivity contribution in [2.75, 3.05) is 0 Å². The summed E-state index contributed by atoms with van der Waals surface area (Å²) in [5.41, 5.74) is -0.287. The Bertz CT molecular complexity index is 733. The molecule has 0 amide bonds. The summed E-state index contributed by atoms with van der Waals surface area (Å²) in [4.78, 5) is 11.8. The van der Waals surface area contributed by atoms with E-state index in [0.29, 0.717) is 5.56 Å². The largest absolute Gasteiger partial charge is 0.426 e. The molecule has 0 radical (unpaired) electrons. The van der Waals surface area contributed by atoms with Crippen LogP contribution in [-0.2, 0) is 17.4 Å². The van der Waals surface area contributed by atoms with Crippen molar-refractivity contribution in [3.8, 4) is 11.8 Å². The molecule has 0 heterocycles. The van der Waals surface area contributed by atoms with E-state index in [1.807, 2.05) is 6.07 Å². The summed E-state index contributed by atoms with van der Waals surface area (Å²) in [5.74, 6) is -0.523. The second-order valence-corrected chi connectivity index (χ2v) is 4.49. The van der Waals surface area contributed by atoms with E-state index in [4.69, 9.17) is 10.00 Å². The van der Waals surface area contributed by atoms with Gasteiger partial charge >= 0.3 is 12.1 Å². The van der Waals surface area contributed by atoms with Crippen molar-refractivity contribution in [2.45, 2.75) is 12.6 Å². The molecule has 0 aliphatic heterocycles. The molecule has 112 valence electrons. The van der Waals surface area contributed by atoms with Crippen molar-refractivity contribution in [3.63, 3.8) is 0 Å². The third-order valence-electron chi connectivity index (χ3n) is 2.80. The molecule has 2 aromatic rings. The fourth-order valence-corrected chi connectivity index (χ4v) is 1.82. The van der Waals surface area contributed by atoms with Gasteiger partial charge in [0.15, 0.2) is 0 Å². The van der Waals surface area contributed by atoms with Crippen LogP contribution in [-0.4, -0.2) is 5.97 Å². The highest BCUT2D eigenvalue weighted by Crippen LogP contribution is 2.29. The monoisotopic (exact) mass is 305 g/mol. The molecule has 2 aromatic carbocycles. The van der Waals surface area contributed by atoms with Crippen LogP contribution in [0.4, 0.5) is 13.2 Å². The third-order valence-corrected chi connectivity index (χ3v) is 2.80. The zero-order valence-electron chi connectivity index (χ0n) is 11.2. The number of ether oxygens (including phenoxy) is 1. The summed E-state index contributed by atoms with van der Waals surface area (Å²) in [7, 11) is 0. The molecule has 0 aliphatic rings. The molecule has 22 heavy (non-hydrogen) atoms. The van der Waals surface area contributed by atoms with Gasteiger partial charge < -0.3 is 4.74 Å². The minimum absolute atomic E-state index is 0.177. The highest BCUT2D eigenvalue weighted by atomic mass is 19.4. The van der Waals surface area contributed by atoms with Crippen molar-refractivity contribution in [2.24, 2.45) is 0 Å². The number of hydrogen-bond donors (Lipinski definition) is 0. The lowest BCUT2D eigenvalue weighted by Crippen LogP contribution is -2.12. The Morgan fingerprint density at radius 2 is 1.86 bits per heavy atom. The van der Waals surface area contributed by atoms with Gasteiger partial charge in [-0.3, -0.25) is 4.79 Å². The number of esters is 1. The van der Waals surface area contributed by atoms with E-state index < -0.39 is 17.7 Å². The molecule has 0 unspecified atom stereocenters. The number of carbonyl (C=O) groups is 1. The highest BCUT2D eigenvalue weighted by molar-refractivity contribution is 5.75. The third kappa shape index (κ3) is 4.09. The minimum atomic E-state index is -4.46. The fourth-order valence-electron chi connectivity index (χ4n) is 1.82. The summed E-state index contributed by atoms with van der Waals surface area (Å²) in [6.07, 6.45) is -4.75. The first-order valence-corrected chi connectivity index (χ1v) is 6.25. The van der Waals surface area contributed by atoms with Gasteiger partial charge in [-0.2, -0.15) is 18.4 Å². The van der Waals surface area contributed by atoms with E-state index in [1.165, 1.54) is 24.3 Å². The molecule has 3 nitrogen and oxygen atoms in total. The number of rotatable bonds is 3. The number of nitrogens with zero attached hydrogens (tertiary/aromatic N) is 1. The zero-order valence-corrected chi connectivity index (χ0v) is 11.2. The average molecular weight is 305 g/mol. The Morgan fingerprint density at radius 1 is 1.14 bits per heavy atom. The molecular weight excluding hydrogens is 295 g/mol. The Hall–Kier alpha value is -2.81. The van der Waals surface area contributed by atoms with E-state index >= 15 is 0 Å². The zero-order chi connectivity index (χ0) is 16.2. The van der Waals surface area contributed by atoms with Crippen molar-refractivity contribution < 1.29 is 22.7 Å². The minimum Gasteiger partial charge on any atom is -0.426 e. The van der Waals surface area contributed by atoms with Crippen LogP contribution < -0.4 is 4.74 Å². The van der Waals surface area contributed by atoms with Gasteiger partial charge in [-0.25, -0.2) is 0 Å². The summed E-state index contributed by atoms with van der Waals surface area (Å²) in [5, 5.41) is 8.74. The molecule has 0 bridgehead atoms. The maximum Gasteiger partial charge on any atom is 0.416 e. The van der Waals surface area contributed by atoms with E-state index in [9.17, 15) is 18.0 Å². The SMILES string of the molecule is N#Cc1cccc(OC(=O)Cc2cccc(C(F)(F)F)c2)c1. The van der Waals surface area contributed by atoms with Gasteiger partial charge in [-0.05, 0) is 29.8 Å². The molecule has 2 rings (SSSR count). The number of carbonyl (C=O) groups excluding carboxylic acids is 1. The van der Waals surface area contributed by atoms with Gasteiger partial charge in [0.1, 0.15) is 5.75 Å². The first kappa shape index (κ1) is 15.6. The predicted octanol–water partition coefficient (Wildman–Crippen LogP) is 3.73. The number of halogens is 3. The number of benzene rings is 2. The molecule has 0 aromatic heterocycles. The molecule has 0 fully saturated rings. The summed E-state index contributed by atoms with van der Waals surface area (Å²) in [6, 6.07) is 12.4. The van der Waals surface area contributed by atoms with Crippen molar-refractivity contribution >= 4 is 5.97 Å². The molecular formula is C16H10F3NO2. The van der Waals surface area contributed by atoms with Crippen molar-refractivity contribution in [1.82, 2.24) is 0 Å². The van der Waals surface area contributed by atoms with Crippen LogP contribution in [0.15, 0.2) is 48.5 Å². The van der Waals surface area contributed by atoms with Gasteiger partial charge in [0, 0.05) is 0 Å². The maximum absolute atomic E-state index is 12.6. The smallest absolute Gasteiger partial charge is 0.416 e. The van der Waals surface area contributed by atoms with E-state index in [-0.39, 0.29) is 17.7 Å². The first-order chi connectivity index (χ1) is 10.4. The van der Waals surface area contributed by atoms with E-state index in [2.05, 4.69) is 0 Å². The predicted molar refractivity (Wildman–Crippen MR) is 71.9 cm³/mol. The van der Waals surface area contributed by atoms with Gasteiger partial charge in [-0.1, -0.05) is 24.3 Å². The molecule has 0 saturated carbocycles. The second-order valence-electron chi connectivity index (χ2n) is 4.49. The van der Waals surface area contributed by atoms with Crippen LogP contribution in [0.1, 0.15) is 16.7 Å². The lowest BCUT2D eigenvalue weighted by atomic mass is 10.1. The first-order valence-electron chi connectivity index (χ1n) is 6.25. The average Bonchev–Trinajstić information content (AvgIpc) is 2.46. The Kier molecular flexibility index (Phi) is 4.47. The van der Waals surface area contributed by atoms with Gasteiger partial charge in [0.05, 0.1) is 23.6 Å². The number of nitriles is 1.